The fraction of sp³-hybridized carbons (Fsp3) is 0.133. The van der Waals surface area contributed by atoms with Crippen molar-refractivity contribution in [3.8, 4) is 5.75 Å². The molecule has 0 aromatic heterocycles. The summed E-state index contributed by atoms with van der Waals surface area (Å²) in [5.41, 5.74) is 0.601. The Hall–Kier alpha value is -2.77. The number of carbonyl (C=O) groups excluding carboxylic acids is 1. The molecule has 0 fully saturated rings. The van der Waals surface area contributed by atoms with E-state index in [2.05, 4.69) is 15.4 Å². The first-order chi connectivity index (χ1) is 10.8. The van der Waals surface area contributed by atoms with Crippen LogP contribution in [0.1, 0.15) is 5.56 Å². The van der Waals surface area contributed by atoms with Gasteiger partial charge in [0.25, 0.3) is 0 Å². The van der Waals surface area contributed by atoms with Crippen molar-refractivity contribution < 1.29 is 27.1 Å². The lowest BCUT2D eigenvalue weighted by molar-refractivity contribution is -0.0498. The largest absolute Gasteiger partial charge is 0.435 e. The molecule has 2 aromatic rings. The molecule has 0 aliphatic carbocycles. The lowest BCUT2D eigenvalue weighted by Crippen LogP contribution is -2.20. The van der Waals surface area contributed by atoms with Crippen molar-refractivity contribution in [2.45, 2.75) is 13.5 Å². The topological polar surface area (TPSA) is 50.4 Å². The minimum atomic E-state index is -2.95. The highest BCUT2D eigenvalue weighted by Gasteiger charge is 2.11. The van der Waals surface area contributed by atoms with Gasteiger partial charge in [-0.2, -0.15) is 8.78 Å². The second kappa shape index (κ2) is 6.99. The SMILES string of the molecule is Cc1cc(OC(F)F)ccc1NC(=O)Nc1ccc(F)cc1F. The van der Waals surface area contributed by atoms with Gasteiger partial charge in [-0.3, -0.25) is 0 Å². The minimum absolute atomic E-state index is 0.0481. The maximum absolute atomic E-state index is 13.4. The lowest BCUT2D eigenvalue weighted by atomic mass is 10.2. The van der Waals surface area contributed by atoms with Gasteiger partial charge in [0.15, 0.2) is 0 Å². The summed E-state index contributed by atoms with van der Waals surface area (Å²) >= 11 is 0. The first kappa shape index (κ1) is 16.6. The van der Waals surface area contributed by atoms with E-state index in [1.54, 1.807) is 6.92 Å². The summed E-state index contributed by atoms with van der Waals surface area (Å²) < 4.78 is 54.7. The Labute approximate surface area is 129 Å². The minimum Gasteiger partial charge on any atom is -0.435 e. The Morgan fingerprint density at radius 1 is 1.04 bits per heavy atom. The number of hydrogen-bond acceptors (Lipinski definition) is 2. The van der Waals surface area contributed by atoms with Gasteiger partial charge >= 0.3 is 12.6 Å². The second-order valence-electron chi connectivity index (χ2n) is 4.56. The Morgan fingerprint density at radius 3 is 2.30 bits per heavy atom. The lowest BCUT2D eigenvalue weighted by Gasteiger charge is -2.12. The number of aryl methyl sites for hydroxylation is 1. The molecule has 0 saturated carbocycles. The molecule has 0 spiro atoms. The third-order valence-corrected chi connectivity index (χ3v) is 2.85. The van der Waals surface area contributed by atoms with Crippen LogP contribution in [0.4, 0.5) is 33.7 Å². The Kier molecular flexibility index (Phi) is 5.05. The molecule has 2 amide bonds. The molecule has 0 heterocycles. The zero-order valence-corrected chi connectivity index (χ0v) is 11.9. The predicted octanol–water partition coefficient (Wildman–Crippen LogP) is 4.52. The van der Waals surface area contributed by atoms with Gasteiger partial charge in [-0.15, -0.1) is 0 Å². The Bertz CT molecular complexity index is 723. The summed E-state index contributed by atoms with van der Waals surface area (Å²) in [4.78, 5) is 11.8. The number of urea groups is 1. The van der Waals surface area contributed by atoms with Gasteiger partial charge in [-0.1, -0.05) is 0 Å². The molecule has 2 aromatic carbocycles. The van der Waals surface area contributed by atoms with E-state index >= 15 is 0 Å². The van der Waals surface area contributed by atoms with Crippen LogP contribution in [0.15, 0.2) is 36.4 Å². The highest BCUT2D eigenvalue weighted by molar-refractivity contribution is 6.00. The third-order valence-electron chi connectivity index (χ3n) is 2.85. The van der Waals surface area contributed by atoms with Gasteiger partial charge < -0.3 is 15.4 Å². The average Bonchev–Trinajstić information content (AvgIpc) is 2.44. The van der Waals surface area contributed by atoms with Crippen molar-refractivity contribution in [2.75, 3.05) is 10.6 Å². The number of ether oxygens (including phenoxy) is 1. The van der Waals surface area contributed by atoms with Crippen LogP contribution in [0.5, 0.6) is 5.75 Å². The van der Waals surface area contributed by atoms with Crippen molar-refractivity contribution in [3.63, 3.8) is 0 Å². The summed E-state index contributed by atoms with van der Waals surface area (Å²) in [7, 11) is 0. The molecule has 0 radical (unpaired) electrons. The Balaban J connectivity index is 2.05. The molecular formula is C15H12F4N2O2. The molecule has 0 aliphatic heterocycles. The van der Waals surface area contributed by atoms with Gasteiger partial charge in [-0.25, -0.2) is 13.6 Å². The number of anilines is 2. The summed E-state index contributed by atoms with van der Waals surface area (Å²) in [5, 5.41) is 4.64. The van der Waals surface area contributed by atoms with Crippen molar-refractivity contribution in [2.24, 2.45) is 0 Å². The number of carbonyl (C=O) groups is 1. The number of halogens is 4. The van der Waals surface area contributed by atoms with E-state index in [1.807, 2.05) is 0 Å². The number of benzene rings is 2. The van der Waals surface area contributed by atoms with Gasteiger partial charge in [0.05, 0.1) is 5.69 Å². The standard InChI is InChI=1S/C15H12F4N2O2/c1-8-6-10(23-14(18)19)3-5-12(8)20-15(22)21-13-4-2-9(16)7-11(13)17/h2-7,14H,1H3,(H2,20,21,22). The molecule has 2 rings (SSSR count). The van der Waals surface area contributed by atoms with Crippen molar-refractivity contribution in [1.29, 1.82) is 0 Å². The highest BCUT2D eigenvalue weighted by atomic mass is 19.3. The first-order valence-corrected chi connectivity index (χ1v) is 6.43. The summed E-state index contributed by atoms with van der Waals surface area (Å²) in [6.07, 6.45) is 0. The number of hydrogen-bond donors (Lipinski definition) is 2. The molecule has 0 aliphatic rings. The van der Waals surface area contributed by atoms with Crippen molar-refractivity contribution in [3.05, 3.63) is 53.6 Å². The quantitative estimate of drug-likeness (QED) is 0.811. The number of alkyl halides is 2. The van der Waals surface area contributed by atoms with Gasteiger partial charge in [0.2, 0.25) is 0 Å². The van der Waals surface area contributed by atoms with Crippen LogP contribution in [-0.4, -0.2) is 12.6 Å². The summed E-state index contributed by atoms with van der Waals surface area (Å²) in [6, 6.07) is 5.90. The average molecular weight is 328 g/mol. The molecular weight excluding hydrogens is 316 g/mol. The van der Waals surface area contributed by atoms with E-state index in [9.17, 15) is 22.4 Å². The molecule has 122 valence electrons. The van der Waals surface area contributed by atoms with Crippen LogP contribution in [0.2, 0.25) is 0 Å². The molecule has 0 atom stereocenters. The van der Waals surface area contributed by atoms with Gasteiger partial charge in [0, 0.05) is 11.8 Å². The van der Waals surface area contributed by atoms with Gasteiger partial charge in [-0.05, 0) is 42.8 Å². The molecule has 0 unspecified atom stereocenters. The smallest absolute Gasteiger partial charge is 0.387 e. The number of nitrogens with one attached hydrogen (secondary N) is 2. The van der Waals surface area contributed by atoms with Crippen LogP contribution in [0.25, 0.3) is 0 Å². The van der Waals surface area contributed by atoms with E-state index in [0.29, 0.717) is 17.3 Å². The molecule has 8 heteroatoms. The number of amides is 2. The molecule has 0 bridgehead atoms. The molecule has 4 nitrogen and oxygen atoms in total. The van der Waals surface area contributed by atoms with Crippen LogP contribution in [0, 0.1) is 18.6 Å². The third kappa shape index (κ3) is 4.60. The van der Waals surface area contributed by atoms with E-state index in [1.165, 1.54) is 18.2 Å². The van der Waals surface area contributed by atoms with E-state index in [-0.39, 0.29) is 11.4 Å². The fourth-order valence-corrected chi connectivity index (χ4v) is 1.82. The zero-order valence-electron chi connectivity index (χ0n) is 11.9. The van der Waals surface area contributed by atoms with E-state index < -0.39 is 24.3 Å². The summed E-state index contributed by atoms with van der Waals surface area (Å²) in [5.74, 6) is -1.73. The van der Waals surface area contributed by atoms with E-state index in [0.717, 1.165) is 12.1 Å². The molecule has 23 heavy (non-hydrogen) atoms. The molecule has 2 N–H and O–H groups in total. The van der Waals surface area contributed by atoms with Crippen LogP contribution >= 0.6 is 0 Å². The maximum atomic E-state index is 13.4. The van der Waals surface area contributed by atoms with E-state index in [4.69, 9.17) is 0 Å². The van der Waals surface area contributed by atoms with Gasteiger partial charge in [0.1, 0.15) is 17.4 Å². The highest BCUT2D eigenvalue weighted by Crippen LogP contribution is 2.23. The van der Waals surface area contributed by atoms with Crippen molar-refractivity contribution >= 4 is 17.4 Å². The predicted molar refractivity (Wildman–Crippen MR) is 76.8 cm³/mol. The normalized spacial score (nSPS) is 10.5. The molecule has 0 saturated heterocycles. The van der Waals surface area contributed by atoms with Crippen LogP contribution < -0.4 is 15.4 Å². The van der Waals surface area contributed by atoms with Crippen molar-refractivity contribution in [1.82, 2.24) is 0 Å². The van der Waals surface area contributed by atoms with Crippen LogP contribution in [-0.2, 0) is 0 Å². The fourth-order valence-electron chi connectivity index (χ4n) is 1.82. The first-order valence-electron chi connectivity index (χ1n) is 6.43. The Morgan fingerprint density at radius 2 is 1.70 bits per heavy atom. The van der Waals surface area contributed by atoms with Crippen LogP contribution in [0.3, 0.4) is 0 Å². The number of rotatable bonds is 4. The zero-order chi connectivity index (χ0) is 17.0. The second-order valence-corrected chi connectivity index (χ2v) is 4.56. The monoisotopic (exact) mass is 328 g/mol. The summed E-state index contributed by atoms with van der Waals surface area (Å²) in [6.45, 7) is -1.37. The maximum Gasteiger partial charge on any atom is 0.387 e.